The lowest BCUT2D eigenvalue weighted by molar-refractivity contribution is -0.111. The Morgan fingerprint density at radius 2 is 1.88 bits per heavy atom. The van der Waals surface area contributed by atoms with Gasteiger partial charge in [-0.15, -0.1) is 10.2 Å². The van der Waals surface area contributed by atoms with Crippen LogP contribution in [-0.2, 0) is 4.79 Å². The molecule has 0 bridgehead atoms. The molecule has 0 aliphatic heterocycles. The van der Waals surface area contributed by atoms with Crippen molar-refractivity contribution in [2.75, 3.05) is 5.32 Å². The summed E-state index contributed by atoms with van der Waals surface area (Å²) >= 11 is 13.5. The molecule has 0 unspecified atom stereocenters. The molecule has 0 saturated carbocycles. The largest absolute Gasteiger partial charge is 0.457 e. The van der Waals surface area contributed by atoms with Crippen LogP contribution < -0.4 is 5.32 Å². The molecule has 164 valence electrons. The van der Waals surface area contributed by atoms with E-state index in [9.17, 15) is 4.79 Å². The van der Waals surface area contributed by atoms with E-state index < -0.39 is 0 Å². The maximum absolute atomic E-state index is 12.4. The first-order valence-electron chi connectivity index (χ1n) is 9.79. The zero-order valence-corrected chi connectivity index (χ0v) is 19.4. The van der Waals surface area contributed by atoms with Crippen molar-refractivity contribution in [1.82, 2.24) is 19.8 Å². The number of fused-ring (bicyclic) bond motifs is 1. The summed E-state index contributed by atoms with van der Waals surface area (Å²) < 4.78 is 7.48. The normalized spacial score (nSPS) is 11.5. The lowest BCUT2D eigenvalue weighted by Gasteiger charge is -2.03. The Labute approximate surface area is 202 Å². The summed E-state index contributed by atoms with van der Waals surface area (Å²) in [6, 6.07) is 16.2. The second-order valence-electron chi connectivity index (χ2n) is 7.11. The average Bonchev–Trinajstić information content (AvgIpc) is 3.50. The van der Waals surface area contributed by atoms with Crippen molar-refractivity contribution in [2.24, 2.45) is 0 Å². The van der Waals surface area contributed by atoms with E-state index >= 15 is 0 Å². The number of aromatic nitrogens is 4. The molecule has 0 atom stereocenters. The zero-order valence-electron chi connectivity index (χ0n) is 17.1. The summed E-state index contributed by atoms with van der Waals surface area (Å²) in [4.78, 5) is 13.2. The highest BCUT2D eigenvalue weighted by atomic mass is 35.5. The van der Waals surface area contributed by atoms with Crippen LogP contribution in [0.25, 0.3) is 32.9 Å². The van der Waals surface area contributed by atoms with Crippen molar-refractivity contribution in [3.63, 3.8) is 0 Å². The number of benzene rings is 2. The number of furan rings is 1. The van der Waals surface area contributed by atoms with Crippen LogP contribution in [0.3, 0.4) is 0 Å². The lowest BCUT2D eigenvalue weighted by atomic mass is 10.2. The van der Waals surface area contributed by atoms with Crippen LogP contribution in [0.5, 0.6) is 0 Å². The predicted octanol–water partition coefficient (Wildman–Crippen LogP) is 6.38. The Hall–Kier alpha value is -3.46. The number of nitrogens with one attached hydrogen (secondary N) is 1. The minimum absolute atomic E-state index is 0.287. The minimum Gasteiger partial charge on any atom is -0.457 e. The van der Waals surface area contributed by atoms with E-state index in [4.69, 9.17) is 27.6 Å². The molecule has 0 saturated heterocycles. The Bertz CT molecular complexity index is 1500. The van der Waals surface area contributed by atoms with E-state index in [2.05, 4.69) is 20.6 Å². The van der Waals surface area contributed by atoms with E-state index in [1.54, 1.807) is 40.9 Å². The molecule has 0 aliphatic carbocycles. The molecule has 10 heteroatoms. The summed E-state index contributed by atoms with van der Waals surface area (Å²) in [6.45, 7) is 1.85. The number of rotatable bonds is 5. The Morgan fingerprint density at radius 3 is 2.67 bits per heavy atom. The molecule has 5 aromatic rings. The number of hydrogen-bond acceptors (Lipinski definition) is 6. The number of hydrogen-bond donors (Lipinski definition) is 1. The maximum atomic E-state index is 12.4. The fourth-order valence-corrected chi connectivity index (χ4v) is 4.60. The van der Waals surface area contributed by atoms with E-state index in [-0.39, 0.29) is 5.91 Å². The number of carbonyl (C=O) groups is 1. The van der Waals surface area contributed by atoms with Gasteiger partial charge in [-0.25, -0.2) is 0 Å². The monoisotopic (exact) mass is 495 g/mol. The summed E-state index contributed by atoms with van der Waals surface area (Å²) in [7, 11) is 0. The first-order chi connectivity index (χ1) is 15.9. The van der Waals surface area contributed by atoms with Crippen LogP contribution in [0.2, 0.25) is 10.0 Å². The van der Waals surface area contributed by atoms with E-state index in [0.717, 1.165) is 26.9 Å². The molecule has 3 heterocycles. The van der Waals surface area contributed by atoms with E-state index in [0.29, 0.717) is 27.3 Å². The van der Waals surface area contributed by atoms with Crippen molar-refractivity contribution in [3.05, 3.63) is 82.3 Å². The van der Waals surface area contributed by atoms with E-state index in [1.807, 2.05) is 31.2 Å². The first kappa shape index (κ1) is 21.4. The minimum atomic E-state index is -0.287. The standard InChI is InChI=1S/C23H15Cl2N5O2S/c1-13-27-28-23-30(13)29-22(33-23)14-3-2-4-18(11-14)26-21(31)8-6-19-5-7-20(32-19)15-9-16(24)12-17(25)10-15/h2-12H,1H3,(H,26,31)/b8-6+. The third-order valence-corrected chi connectivity index (χ3v) is 6.08. The van der Waals surface area contributed by atoms with Gasteiger partial charge in [-0.3, -0.25) is 4.79 Å². The second-order valence-corrected chi connectivity index (χ2v) is 8.94. The summed E-state index contributed by atoms with van der Waals surface area (Å²) in [5, 5.41) is 17.3. The van der Waals surface area contributed by atoms with Crippen LogP contribution in [0.4, 0.5) is 5.69 Å². The van der Waals surface area contributed by atoms with Gasteiger partial charge < -0.3 is 9.73 Å². The molecule has 3 aromatic heterocycles. The smallest absolute Gasteiger partial charge is 0.248 e. The van der Waals surface area contributed by atoms with Crippen LogP contribution in [0, 0.1) is 6.92 Å². The number of halogens is 2. The predicted molar refractivity (Wildman–Crippen MR) is 131 cm³/mol. The summed E-state index contributed by atoms with van der Waals surface area (Å²) in [5.74, 6) is 1.57. The quantitative estimate of drug-likeness (QED) is 0.286. The SMILES string of the molecule is Cc1nnc2sc(-c3cccc(NC(=O)/C=C/c4ccc(-c5cc(Cl)cc(Cl)c5)o4)c3)nn12. The molecule has 7 nitrogen and oxygen atoms in total. The highest BCUT2D eigenvalue weighted by Crippen LogP contribution is 2.29. The molecule has 0 fully saturated rings. The molecule has 5 rings (SSSR count). The average molecular weight is 496 g/mol. The summed E-state index contributed by atoms with van der Waals surface area (Å²) in [6.07, 6.45) is 3.01. The van der Waals surface area contributed by atoms with Gasteiger partial charge in [-0.2, -0.15) is 9.61 Å². The molecule has 1 amide bonds. The first-order valence-corrected chi connectivity index (χ1v) is 11.4. The molecule has 0 radical (unpaired) electrons. The van der Waals surface area contributed by atoms with Gasteiger partial charge in [0.2, 0.25) is 10.9 Å². The van der Waals surface area contributed by atoms with Crippen molar-refractivity contribution < 1.29 is 9.21 Å². The second kappa shape index (κ2) is 8.82. The van der Waals surface area contributed by atoms with Gasteiger partial charge in [0.1, 0.15) is 16.5 Å². The summed E-state index contributed by atoms with van der Waals surface area (Å²) in [5.41, 5.74) is 2.29. The van der Waals surface area contributed by atoms with Gasteiger partial charge in [0.15, 0.2) is 5.82 Å². The highest BCUT2D eigenvalue weighted by Gasteiger charge is 2.11. The number of aryl methyl sites for hydroxylation is 1. The Morgan fingerprint density at radius 1 is 1.06 bits per heavy atom. The third-order valence-electron chi connectivity index (χ3n) is 4.70. The van der Waals surface area contributed by atoms with Gasteiger partial charge in [-0.1, -0.05) is 46.7 Å². The van der Waals surface area contributed by atoms with Crippen molar-refractivity contribution >= 4 is 57.2 Å². The fraction of sp³-hybridized carbons (Fsp3) is 0.0435. The molecule has 0 aliphatic rings. The lowest BCUT2D eigenvalue weighted by Crippen LogP contribution is -2.07. The van der Waals surface area contributed by atoms with Crippen molar-refractivity contribution in [1.29, 1.82) is 0 Å². The molecule has 33 heavy (non-hydrogen) atoms. The Balaban J connectivity index is 1.28. The van der Waals surface area contributed by atoms with Crippen LogP contribution in [0.15, 0.2) is 65.1 Å². The molecular formula is C23H15Cl2N5O2S. The van der Waals surface area contributed by atoms with Crippen LogP contribution in [-0.4, -0.2) is 25.7 Å². The van der Waals surface area contributed by atoms with Crippen LogP contribution >= 0.6 is 34.5 Å². The van der Waals surface area contributed by atoms with Gasteiger partial charge in [0, 0.05) is 32.9 Å². The molecular weight excluding hydrogens is 481 g/mol. The molecule has 0 spiro atoms. The molecule has 2 aromatic carbocycles. The maximum Gasteiger partial charge on any atom is 0.248 e. The van der Waals surface area contributed by atoms with Gasteiger partial charge in [0.05, 0.1) is 0 Å². The zero-order chi connectivity index (χ0) is 22.9. The third kappa shape index (κ3) is 4.68. The highest BCUT2D eigenvalue weighted by molar-refractivity contribution is 7.19. The van der Waals surface area contributed by atoms with Crippen molar-refractivity contribution in [3.8, 4) is 21.9 Å². The number of anilines is 1. The van der Waals surface area contributed by atoms with Gasteiger partial charge in [0.25, 0.3) is 0 Å². The fourth-order valence-electron chi connectivity index (χ4n) is 3.20. The van der Waals surface area contributed by atoms with Crippen LogP contribution in [0.1, 0.15) is 11.6 Å². The van der Waals surface area contributed by atoms with Gasteiger partial charge >= 0.3 is 0 Å². The number of amides is 1. The topological polar surface area (TPSA) is 85.3 Å². The van der Waals surface area contributed by atoms with Crippen molar-refractivity contribution in [2.45, 2.75) is 6.92 Å². The molecule has 1 N–H and O–H groups in total. The Kier molecular flexibility index (Phi) is 5.72. The number of nitrogens with zero attached hydrogens (tertiary/aromatic N) is 4. The number of carbonyl (C=O) groups excluding carboxylic acids is 1. The van der Waals surface area contributed by atoms with E-state index in [1.165, 1.54) is 17.4 Å². The van der Waals surface area contributed by atoms with Gasteiger partial charge in [-0.05, 0) is 55.5 Å².